The fraction of sp³-hybridized carbons (Fsp3) is 0.182. The molecule has 0 saturated heterocycles. The third kappa shape index (κ3) is 3.19. The van der Waals surface area contributed by atoms with Crippen LogP contribution in [0.25, 0.3) is 0 Å². The second-order valence-electron chi connectivity index (χ2n) is 3.63. The Kier molecular flexibility index (Phi) is 3.70. The van der Waals surface area contributed by atoms with Crippen LogP contribution in [-0.2, 0) is 12.8 Å². The summed E-state index contributed by atoms with van der Waals surface area (Å²) in [6, 6.07) is 5.12. The number of hydrogen-bond acceptors (Lipinski definition) is 3. The smallest absolute Gasteiger partial charge is 0.416 e. The van der Waals surface area contributed by atoms with Gasteiger partial charge in [-0.15, -0.1) is 4.85 Å². The number of nitrogens with zero attached hydrogens (tertiary/aromatic N) is 2. The minimum atomic E-state index is -4.46. The maximum absolute atomic E-state index is 12.8. The van der Waals surface area contributed by atoms with Gasteiger partial charge in [0, 0.05) is 16.1 Å². The Morgan fingerprint density at radius 3 is 2.63 bits per heavy atom. The van der Waals surface area contributed by atoms with Crippen molar-refractivity contribution in [1.29, 1.82) is 0 Å². The van der Waals surface area contributed by atoms with Gasteiger partial charge in [-0.25, -0.2) is 0 Å². The molecule has 0 fully saturated rings. The molecule has 8 heteroatoms. The number of benzene rings is 1. The van der Waals surface area contributed by atoms with E-state index in [4.69, 9.17) is 9.94 Å². The van der Waals surface area contributed by atoms with Crippen molar-refractivity contribution < 1.29 is 23.1 Å². The molecule has 102 valence electrons. The number of alkyl halides is 3. The molecule has 0 unspecified atom stereocenters. The van der Waals surface area contributed by atoms with Gasteiger partial charge in [-0.2, -0.15) is 13.2 Å². The molecule has 0 amide bonds. The van der Waals surface area contributed by atoms with Gasteiger partial charge in [0.2, 0.25) is 5.88 Å². The molecular formula is C11H8BrF3N2O2. The molecule has 1 aromatic heterocycles. The van der Waals surface area contributed by atoms with Crippen LogP contribution >= 0.6 is 15.9 Å². The lowest BCUT2D eigenvalue weighted by atomic mass is 10.1. The summed E-state index contributed by atoms with van der Waals surface area (Å²) in [5.41, 5.74) is -0.798. The van der Waals surface area contributed by atoms with Crippen molar-refractivity contribution in [2.75, 3.05) is 0 Å². The van der Waals surface area contributed by atoms with Gasteiger partial charge in [-0.05, 0) is 12.1 Å². The van der Waals surface area contributed by atoms with Crippen LogP contribution in [0.3, 0.4) is 0 Å². The highest BCUT2D eigenvalue weighted by Gasteiger charge is 2.34. The van der Waals surface area contributed by atoms with E-state index in [1.54, 1.807) is 0 Å². The zero-order valence-electron chi connectivity index (χ0n) is 9.36. The van der Waals surface area contributed by atoms with Crippen LogP contribution < -0.4 is 4.74 Å². The first-order valence-electron chi connectivity index (χ1n) is 5.10. The highest BCUT2D eigenvalue weighted by atomic mass is 79.9. The molecule has 0 radical (unpaired) electrons. The zero-order chi connectivity index (χ0) is 14.0. The molecule has 19 heavy (non-hydrogen) atoms. The average Bonchev–Trinajstić information content (AvgIpc) is 2.72. The predicted octanol–water partition coefficient (Wildman–Crippen LogP) is 3.48. The highest BCUT2D eigenvalue weighted by Crippen LogP contribution is 2.35. The third-order valence-corrected chi connectivity index (χ3v) is 3.08. The number of halogens is 4. The maximum atomic E-state index is 12.8. The molecule has 0 aliphatic rings. The second kappa shape index (κ2) is 5.12. The Labute approximate surface area is 114 Å². The van der Waals surface area contributed by atoms with Crippen LogP contribution in [0.5, 0.6) is 5.88 Å². The van der Waals surface area contributed by atoms with Gasteiger partial charge in [0.15, 0.2) is 0 Å². The number of aromatic nitrogens is 2. The quantitative estimate of drug-likeness (QED) is 0.873. The lowest BCUT2D eigenvalue weighted by molar-refractivity contribution is -0.138. The summed E-state index contributed by atoms with van der Waals surface area (Å²) in [5, 5.41) is 12.4. The maximum Gasteiger partial charge on any atom is 0.416 e. The number of ether oxygens (including phenoxy) is 1. The Bertz CT molecular complexity index is 584. The van der Waals surface area contributed by atoms with E-state index >= 15 is 0 Å². The first-order valence-corrected chi connectivity index (χ1v) is 5.89. The molecule has 2 rings (SSSR count). The lowest BCUT2D eigenvalue weighted by Crippen LogP contribution is -2.11. The second-order valence-corrected chi connectivity index (χ2v) is 4.48. The molecule has 0 bridgehead atoms. The molecule has 0 aliphatic carbocycles. The largest absolute Gasteiger partial charge is 0.472 e. The van der Waals surface area contributed by atoms with Crippen LogP contribution in [0.15, 0.2) is 34.9 Å². The first-order chi connectivity index (χ1) is 8.88. The molecule has 2 aromatic rings. The van der Waals surface area contributed by atoms with Gasteiger partial charge < -0.3 is 9.94 Å². The van der Waals surface area contributed by atoms with E-state index in [0.717, 1.165) is 6.07 Å². The van der Waals surface area contributed by atoms with Gasteiger partial charge in [0.25, 0.3) is 0 Å². The first kappa shape index (κ1) is 13.7. The Morgan fingerprint density at radius 1 is 1.32 bits per heavy atom. The molecular weight excluding hydrogens is 329 g/mol. The molecule has 0 spiro atoms. The summed E-state index contributed by atoms with van der Waals surface area (Å²) in [6.45, 7) is -0.312. The van der Waals surface area contributed by atoms with Crippen molar-refractivity contribution in [2.45, 2.75) is 12.8 Å². The molecule has 0 atom stereocenters. The number of rotatable bonds is 3. The summed E-state index contributed by atoms with van der Waals surface area (Å²) in [7, 11) is 0. The molecule has 0 saturated carbocycles. The Morgan fingerprint density at radius 2 is 2.05 bits per heavy atom. The predicted molar refractivity (Wildman–Crippen MR) is 62.9 cm³/mol. The van der Waals surface area contributed by atoms with E-state index in [2.05, 4.69) is 21.0 Å². The van der Waals surface area contributed by atoms with E-state index in [9.17, 15) is 13.2 Å². The summed E-state index contributed by atoms with van der Waals surface area (Å²) in [4.78, 5) is 0.514. The highest BCUT2D eigenvalue weighted by molar-refractivity contribution is 9.10. The van der Waals surface area contributed by atoms with Crippen LogP contribution in [-0.4, -0.2) is 15.2 Å². The van der Waals surface area contributed by atoms with Crippen LogP contribution in [0.4, 0.5) is 13.2 Å². The van der Waals surface area contributed by atoms with E-state index < -0.39 is 11.7 Å². The third-order valence-electron chi connectivity index (χ3n) is 2.34. The van der Waals surface area contributed by atoms with Crippen LogP contribution in [0, 0.1) is 0 Å². The Balaban J connectivity index is 2.24. The molecule has 1 N–H and O–H groups in total. The standard InChI is InChI=1S/C11H8BrF3N2O2/c12-9-3-1-2-8(11(13,14)15)7(9)6-19-10-4-5-17(18)16-10/h1-5,18H,6H2. The monoisotopic (exact) mass is 336 g/mol. The summed E-state index contributed by atoms with van der Waals surface area (Å²) in [5.74, 6) is 0.0337. The van der Waals surface area contributed by atoms with E-state index in [1.807, 2.05) is 0 Å². The normalized spacial score (nSPS) is 11.6. The van der Waals surface area contributed by atoms with E-state index in [0.29, 0.717) is 9.32 Å². The number of hydrogen-bond donors (Lipinski definition) is 1. The van der Waals surface area contributed by atoms with Gasteiger partial charge in [0.1, 0.15) is 6.61 Å². The van der Waals surface area contributed by atoms with Crippen molar-refractivity contribution in [3.8, 4) is 5.88 Å². The lowest BCUT2D eigenvalue weighted by Gasteiger charge is -2.14. The summed E-state index contributed by atoms with van der Waals surface area (Å²) in [6.07, 6.45) is -3.25. The molecule has 1 heterocycles. The minimum absolute atomic E-state index is 0.0255. The molecule has 4 nitrogen and oxygen atoms in total. The van der Waals surface area contributed by atoms with Crippen molar-refractivity contribution >= 4 is 15.9 Å². The van der Waals surface area contributed by atoms with Crippen molar-refractivity contribution in [1.82, 2.24) is 9.94 Å². The van der Waals surface area contributed by atoms with E-state index in [-0.39, 0.29) is 18.1 Å². The van der Waals surface area contributed by atoms with Gasteiger partial charge in [0.05, 0.1) is 11.8 Å². The Hall–Kier alpha value is -1.70. The topological polar surface area (TPSA) is 47.3 Å². The molecule has 0 aliphatic heterocycles. The van der Waals surface area contributed by atoms with Crippen molar-refractivity contribution in [3.63, 3.8) is 0 Å². The SMILES string of the molecule is On1ccc(OCc2c(Br)cccc2C(F)(F)F)n1. The average molecular weight is 337 g/mol. The van der Waals surface area contributed by atoms with Crippen molar-refractivity contribution in [3.05, 3.63) is 46.1 Å². The van der Waals surface area contributed by atoms with Crippen LogP contribution in [0.1, 0.15) is 11.1 Å². The zero-order valence-corrected chi connectivity index (χ0v) is 10.9. The van der Waals surface area contributed by atoms with Gasteiger partial charge >= 0.3 is 6.18 Å². The van der Waals surface area contributed by atoms with Gasteiger partial charge in [-0.1, -0.05) is 27.1 Å². The van der Waals surface area contributed by atoms with Crippen LogP contribution in [0.2, 0.25) is 0 Å². The molecule has 1 aromatic carbocycles. The van der Waals surface area contributed by atoms with E-state index in [1.165, 1.54) is 24.4 Å². The van der Waals surface area contributed by atoms with Crippen molar-refractivity contribution in [2.24, 2.45) is 0 Å². The van der Waals surface area contributed by atoms with Gasteiger partial charge in [-0.3, -0.25) is 0 Å². The summed E-state index contributed by atoms with van der Waals surface area (Å²) >= 11 is 3.06. The minimum Gasteiger partial charge on any atom is -0.472 e. The summed E-state index contributed by atoms with van der Waals surface area (Å²) < 4.78 is 43.9. The fourth-order valence-electron chi connectivity index (χ4n) is 1.49. The fourth-order valence-corrected chi connectivity index (χ4v) is 1.97.